The zero-order valence-electron chi connectivity index (χ0n) is 11.0. The third-order valence-electron chi connectivity index (χ3n) is 2.88. The van der Waals surface area contributed by atoms with E-state index in [2.05, 4.69) is 10.6 Å². The SMILES string of the molecule is CCNCC(=O)NCc1ccc2oc(=O)n(C)c2c1. The molecule has 0 aliphatic carbocycles. The second-order valence-electron chi connectivity index (χ2n) is 4.29. The van der Waals surface area contributed by atoms with E-state index in [0.717, 1.165) is 17.6 Å². The molecule has 102 valence electrons. The van der Waals surface area contributed by atoms with Gasteiger partial charge in [0.05, 0.1) is 12.1 Å². The molecule has 2 rings (SSSR count). The van der Waals surface area contributed by atoms with Crippen LogP contribution in [0.3, 0.4) is 0 Å². The third-order valence-corrected chi connectivity index (χ3v) is 2.88. The molecule has 0 spiro atoms. The topological polar surface area (TPSA) is 76.3 Å². The van der Waals surface area contributed by atoms with Crippen molar-refractivity contribution >= 4 is 17.0 Å². The Kier molecular flexibility index (Phi) is 4.01. The fourth-order valence-corrected chi connectivity index (χ4v) is 1.78. The molecule has 6 heteroatoms. The number of fused-ring (bicyclic) bond motifs is 1. The Balaban J connectivity index is 2.07. The summed E-state index contributed by atoms with van der Waals surface area (Å²) in [4.78, 5) is 22.8. The van der Waals surface area contributed by atoms with Gasteiger partial charge in [-0.3, -0.25) is 9.36 Å². The number of amides is 1. The van der Waals surface area contributed by atoms with Crippen LogP contribution in [0.2, 0.25) is 0 Å². The number of aryl methyl sites for hydroxylation is 1. The molecule has 6 nitrogen and oxygen atoms in total. The zero-order valence-corrected chi connectivity index (χ0v) is 11.0. The predicted molar refractivity (Wildman–Crippen MR) is 71.8 cm³/mol. The van der Waals surface area contributed by atoms with E-state index < -0.39 is 0 Å². The number of rotatable bonds is 5. The molecule has 1 aromatic heterocycles. The van der Waals surface area contributed by atoms with Crippen LogP contribution in [0.5, 0.6) is 0 Å². The molecule has 0 radical (unpaired) electrons. The minimum atomic E-state index is -0.386. The second-order valence-corrected chi connectivity index (χ2v) is 4.29. The van der Waals surface area contributed by atoms with Gasteiger partial charge in [-0.25, -0.2) is 4.79 Å². The average molecular weight is 263 g/mol. The number of oxazole rings is 1. The third kappa shape index (κ3) is 3.03. The van der Waals surface area contributed by atoms with Crippen LogP contribution in [-0.2, 0) is 18.4 Å². The lowest BCUT2D eigenvalue weighted by Crippen LogP contribution is -2.33. The molecule has 1 heterocycles. The summed E-state index contributed by atoms with van der Waals surface area (Å²) in [6, 6.07) is 5.41. The number of hydrogen-bond donors (Lipinski definition) is 2. The number of benzene rings is 1. The zero-order chi connectivity index (χ0) is 13.8. The number of carbonyl (C=O) groups excluding carboxylic acids is 1. The van der Waals surface area contributed by atoms with Crippen molar-refractivity contribution in [1.29, 1.82) is 0 Å². The lowest BCUT2D eigenvalue weighted by molar-refractivity contribution is -0.120. The van der Waals surface area contributed by atoms with Gasteiger partial charge in [0.25, 0.3) is 0 Å². The molecule has 0 aliphatic heterocycles. The highest BCUT2D eigenvalue weighted by molar-refractivity contribution is 5.78. The lowest BCUT2D eigenvalue weighted by atomic mass is 10.2. The normalized spacial score (nSPS) is 10.8. The van der Waals surface area contributed by atoms with E-state index in [-0.39, 0.29) is 11.7 Å². The summed E-state index contributed by atoms with van der Waals surface area (Å²) in [5, 5.41) is 5.76. The summed E-state index contributed by atoms with van der Waals surface area (Å²) in [5.74, 6) is -0.439. The van der Waals surface area contributed by atoms with Crippen molar-refractivity contribution in [2.24, 2.45) is 7.05 Å². The molecule has 2 aromatic rings. The quantitative estimate of drug-likeness (QED) is 0.816. The Morgan fingerprint density at radius 2 is 2.21 bits per heavy atom. The molecule has 0 fully saturated rings. The first-order valence-corrected chi connectivity index (χ1v) is 6.17. The molecule has 0 saturated heterocycles. The van der Waals surface area contributed by atoms with Crippen LogP contribution in [0.25, 0.3) is 11.1 Å². The lowest BCUT2D eigenvalue weighted by Gasteiger charge is -2.05. The molecule has 19 heavy (non-hydrogen) atoms. The van der Waals surface area contributed by atoms with E-state index in [1.165, 1.54) is 4.57 Å². The van der Waals surface area contributed by atoms with Gasteiger partial charge >= 0.3 is 5.76 Å². The first-order valence-electron chi connectivity index (χ1n) is 6.17. The first-order chi connectivity index (χ1) is 9.11. The van der Waals surface area contributed by atoms with Crippen LogP contribution in [-0.4, -0.2) is 23.6 Å². The number of aromatic nitrogens is 1. The Bertz CT molecular complexity index is 642. The van der Waals surface area contributed by atoms with E-state index in [4.69, 9.17) is 4.42 Å². The number of hydrogen-bond acceptors (Lipinski definition) is 4. The van der Waals surface area contributed by atoms with Gasteiger partial charge in [0.15, 0.2) is 5.58 Å². The van der Waals surface area contributed by atoms with Crippen LogP contribution in [0.15, 0.2) is 27.4 Å². The summed E-state index contributed by atoms with van der Waals surface area (Å²) >= 11 is 0. The van der Waals surface area contributed by atoms with Gasteiger partial charge in [-0.15, -0.1) is 0 Å². The van der Waals surface area contributed by atoms with E-state index in [1.807, 2.05) is 19.1 Å². The van der Waals surface area contributed by atoms with Crippen molar-refractivity contribution in [3.63, 3.8) is 0 Å². The van der Waals surface area contributed by atoms with Gasteiger partial charge in [-0.2, -0.15) is 0 Å². The molecule has 0 bridgehead atoms. The molecule has 2 N–H and O–H groups in total. The Hall–Kier alpha value is -2.08. The average Bonchev–Trinajstić information content (AvgIpc) is 2.69. The monoisotopic (exact) mass is 263 g/mol. The Morgan fingerprint density at radius 3 is 2.95 bits per heavy atom. The smallest absolute Gasteiger partial charge is 0.408 e. The molecular formula is C13H17N3O3. The number of nitrogens with one attached hydrogen (secondary N) is 2. The molecule has 0 aliphatic rings. The molecule has 0 atom stereocenters. The highest BCUT2D eigenvalue weighted by Crippen LogP contribution is 2.13. The van der Waals surface area contributed by atoms with Crippen LogP contribution in [0, 0.1) is 0 Å². The van der Waals surface area contributed by atoms with E-state index >= 15 is 0 Å². The summed E-state index contributed by atoms with van der Waals surface area (Å²) in [7, 11) is 1.65. The molecule has 0 unspecified atom stereocenters. The highest BCUT2D eigenvalue weighted by Gasteiger charge is 2.07. The summed E-state index contributed by atoms with van der Waals surface area (Å²) in [5.41, 5.74) is 2.20. The van der Waals surface area contributed by atoms with Crippen molar-refractivity contribution in [1.82, 2.24) is 15.2 Å². The molecule has 0 saturated carbocycles. The minimum Gasteiger partial charge on any atom is -0.408 e. The Labute approximate surface area is 110 Å². The minimum absolute atomic E-state index is 0.0528. The first kappa shape index (κ1) is 13.4. The fraction of sp³-hybridized carbons (Fsp3) is 0.385. The largest absolute Gasteiger partial charge is 0.419 e. The van der Waals surface area contributed by atoms with Gasteiger partial charge in [-0.1, -0.05) is 13.0 Å². The van der Waals surface area contributed by atoms with Crippen molar-refractivity contribution < 1.29 is 9.21 Å². The van der Waals surface area contributed by atoms with E-state index in [0.29, 0.717) is 18.7 Å². The molecule has 1 aromatic carbocycles. The van der Waals surface area contributed by atoms with Crippen LogP contribution < -0.4 is 16.4 Å². The van der Waals surface area contributed by atoms with Crippen molar-refractivity contribution in [2.75, 3.05) is 13.1 Å². The van der Waals surface area contributed by atoms with Crippen molar-refractivity contribution in [2.45, 2.75) is 13.5 Å². The summed E-state index contributed by atoms with van der Waals surface area (Å²) < 4.78 is 6.49. The van der Waals surface area contributed by atoms with Gasteiger partial charge in [-0.05, 0) is 24.2 Å². The van der Waals surface area contributed by atoms with Crippen LogP contribution in [0.1, 0.15) is 12.5 Å². The Morgan fingerprint density at radius 1 is 1.42 bits per heavy atom. The molecule has 1 amide bonds. The van der Waals surface area contributed by atoms with Crippen LogP contribution >= 0.6 is 0 Å². The van der Waals surface area contributed by atoms with Crippen molar-refractivity contribution in [3.05, 3.63) is 34.3 Å². The van der Waals surface area contributed by atoms with E-state index in [9.17, 15) is 9.59 Å². The fourth-order valence-electron chi connectivity index (χ4n) is 1.78. The van der Waals surface area contributed by atoms with Crippen molar-refractivity contribution in [3.8, 4) is 0 Å². The highest BCUT2D eigenvalue weighted by atomic mass is 16.4. The summed E-state index contributed by atoms with van der Waals surface area (Å²) in [6.07, 6.45) is 0. The van der Waals surface area contributed by atoms with Gasteiger partial charge < -0.3 is 15.1 Å². The summed E-state index contributed by atoms with van der Waals surface area (Å²) in [6.45, 7) is 3.44. The second kappa shape index (κ2) is 5.71. The van der Waals surface area contributed by atoms with Crippen LogP contribution in [0.4, 0.5) is 0 Å². The maximum atomic E-state index is 11.5. The predicted octanol–water partition coefficient (Wildman–Crippen LogP) is 0.357. The molecular weight excluding hydrogens is 246 g/mol. The number of carbonyl (C=O) groups is 1. The number of nitrogens with zero attached hydrogens (tertiary/aromatic N) is 1. The van der Waals surface area contributed by atoms with E-state index in [1.54, 1.807) is 13.1 Å². The van der Waals surface area contributed by atoms with Gasteiger partial charge in [0, 0.05) is 13.6 Å². The standard InChI is InChI=1S/C13H17N3O3/c1-3-14-8-12(17)15-7-9-4-5-11-10(6-9)16(2)13(18)19-11/h4-6,14H,3,7-8H2,1-2H3,(H,15,17). The maximum Gasteiger partial charge on any atom is 0.419 e. The maximum absolute atomic E-state index is 11.5. The number of likely N-dealkylation sites (N-methyl/N-ethyl adjacent to an activating group) is 1. The van der Waals surface area contributed by atoms with Gasteiger partial charge in [0.2, 0.25) is 5.91 Å². The van der Waals surface area contributed by atoms with Gasteiger partial charge in [0.1, 0.15) is 0 Å².